The smallest absolute Gasteiger partial charge is 0.338 e. The first kappa shape index (κ1) is 12.4. The van der Waals surface area contributed by atoms with E-state index >= 15 is 0 Å². The molecule has 0 saturated heterocycles. The molecule has 1 rings (SSSR count). The zero-order valence-electron chi connectivity index (χ0n) is 8.60. The van der Waals surface area contributed by atoms with E-state index in [0.29, 0.717) is 5.56 Å². The zero-order valence-corrected chi connectivity index (χ0v) is 9.36. The van der Waals surface area contributed by atoms with Crippen molar-refractivity contribution < 1.29 is 14.5 Å². The van der Waals surface area contributed by atoms with Crippen molar-refractivity contribution in [3.63, 3.8) is 0 Å². The fourth-order valence-corrected chi connectivity index (χ4v) is 1.43. The molecule has 0 radical (unpaired) electrons. The lowest BCUT2D eigenvalue weighted by Gasteiger charge is -2.05. The molecule has 0 amide bonds. The van der Waals surface area contributed by atoms with E-state index in [2.05, 4.69) is 0 Å². The fourth-order valence-electron chi connectivity index (χ4n) is 1.19. The Kier molecular flexibility index (Phi) is 4.25. The summed E-state index contributed by atoms with van der Waals surface area (Å²) in [7, 11) is 0. The predicted molar refractivity (Wildman–Crippen MR) is 58.6 cm³/mol. The van der Waals surface area contributed by atoms with Crippen molar-refractivity contribution in [1.29, 1.82) is 0 Å². The van der Waals surface area contributed by atoms with Gasteiger partial charge in [-0.15, -0.1) is 11.6 Å². The minimum Gasteiger partial charge on any atom is -0.462 e. The lowest BCUT2D eigenvalue weighted by atomic mass is 10.1. The number of benzene rings is 1. The molecule has 0 aliphatic rings. The summed E-state index contributed by atoms with van der Waals surface area (Å²) < 4.78 is 4.78. The van der Waals surface area contributed by atoms with Crippen LogP contribution < -0.4 is 0 Å². The third-order valence-corrected chi connectivity index (χ3v) is 2.23. The lowest BCUT2D eigenvalue weighted by Crippen LogP contribution is -2.08. The molecule has 1 aromatic carbocycles. The monoisotopic (exact) mass is 243 g/mol. The van der Waals surface area contributed by atoms with Crippen LogP contribution >= 0.6 is 11.6 Å². The van der Waals surface area contributed by atoms with Crippen LogP contribution in [0, 0.1) is 10.1 Å². The van der Waals surface area contributed by atoms with Crippen molar-refractivity contribution in [2.24, 2.45) is 0 Å². The summed E-state index contributed by atoms with van der Waals surface area (Å²) in [4.78, 5) is 21.5. The molecular weight excluding hydrogens is 234 g/mol. The van der Waals surface area contributed by atoms with Crippen LogP contribution in [0.1, 0.15) is 22.8 Å². The molecule has 86 valence electrons. The number of hydrogen-bond donors (Lipinski definition) is 0. The third-order valence-electron chi connectivity index (χ3n) is 1.94. The number of nitro groups is 1. The Labute approximate surface area is 97.1 Å². The van der Waals surface area contributed by atoms with Crippen molar-refractivity contribution in [3.8, 4) is 0 Å². The Hall–Kier alpha value is -1.62. The number of non-ortho nitro benzene ring substituents is 1. The standard InChI is InChI=1S/C10H10ClNO4/c1-2-16-10(13)9-5-8(12(14)15)4-3-7(9)6-11/h3-5H,2,6H2,1H3. The number of halogens is 1. The summed E-state index contributed by atoms with van der Waals surface area (Å²) in [6.07, 6.45) is 0. The molecule has 6 heteroatoms. The predicted octanol–water partition coefficient (Wildman–Crippen LogP) is 2.51. The Morgan fingerprint density at radius 2 is 2.25 bits per heavy atom. The summed E-state index contributed by atoms with van der Waals surface area (Å²) in [5.41, 5.74) is 0.508. The van der Waals surface area contributed by atoms with Crippen molar-refractivity contribution >= 4 is 23.3 Å². The van der Waals surface area contributed by atoms with Crippen molar-refractivity contribution in [1.82, 2.24) is 0 Å². The number of carbonyl (C=O) groups excluding carboxylic acids is 1. The Balaban J connectivity index is 3.16. The summed E-state index contributed by atoms with van der Waals surface area (Å²) in [6.45, 7) is 1.87. The van der Waals surface area contributed by atoms with Gasteiger partial charge in [0, 0.05) is 18.0 Å². The molecule has 16 heavy (non-hydrogen) atoms. The minimum atomic E-state index is -0.596. The van der Waals surface area contributed by atoms with E-state index in [1.165, 1.54) is 18.2 Å². The van der Waals surface area contributed by atoms with Crippen molar-refractivity contribution in [2.75, 3.05) is 6.61 Å². The second kappa shape index (κ2) is 5.46. The van der Waals surface area contributed by atoms with Crippen LogP contribution in [-0.4, -0.2) is 17.5 Å². The van der Waals surface area contributed by atoms with Crippen molar-refractivity contribution in [3.05, 3.63) is 39.4 Å². The normalized spacial score (nSPS) is 9.88. The van der Waals surface area contributed by atoms with Crippen LogP contribution in [0.4, 0.5) is 5.69 Å². The van der Waals surface area contributed by atoms with E-state index in [4.69, 9.17) is 16.3 Å². The van der Waals surface area contributed by atoms with Crippen LogP contribution in [-0.2, 0) is 10.6 Å². The van der Waals surface area contributed by atoms with Crippen molar-refractivity contribution in [2.45, 2.75) is 12.8 Å². The molecule has 0 spiro atoms. The molecule has 0 aliphatic heterocycles. The summed E-state index contributed by atoms with van der Waals surface area (Å²) in [6, 6.07) is 3.94. The molecule has 0 unspecified atom stereocenters. The van der Waals surface area contributed by atoms with Gasteiger partial charge in [0.15, 0.2) is 0 Å². The molecule has 0 N–H and O–H groups in total. The van der Waals surface area contributed by atoms with Crippen LogP contribution in [0.25, 0.3) is 0 Å². The zero-order chi connectivity index (χ0) is 12.1. The molecule has 0 bridgehead atoms. The highest BCUT2D eigenvalue weighted by Crippen LogP contribution is 2.20. The molecule has 0 saturated carbocycles. The number of rotatable bonds is 4. The highest BCUT2D eigenvalue weighted by Gasteiger charge is 2.16. The maximum absolute atomic E-state index is 11.5. The van der Waals surface area contributed by atoms with Gasteiger partial charge in [0.1, 0.15) is 0 Å². The number of esters is 1. The lowest BCUT2D eigenvalue weighted by molar-refractivity contribution is -0.384. The van der Waals surface area contributed by atoms with Gasteiger partial charge in [0.25, 0.3) is 5.69 Å². The summed E-state index contributed by atoms with van der Waals surface area (Å²) in [5, 5.41) is 10.6. The van der Waals surface area contributed by atoms with Gasteiger partial charge in [-0.05, 0) is 12.5 Å². The molecule has 5 nitrogen and oxygen atoms in total. The number of carbonyl (C=O) groups is 1. The second-order valence-corrected chi connectivity index (χ2v) is 3.22. The fraction of sp³-hybridized carbons (Fsp3) is 0.300. The molecule has 1 aromatic rings. The second-order valence-electron chi connectivity index (χ2n) is 2.95. The average molecular weight is 244 g/mol. The highest BCUT2D eigenvalue weighted by molar-refractivity contribution is 6.17. The Morgan fingerprint density at radius 3 is 2.75 bits per heavy atom. The third kappa shape index (κ3) is 2.70. The molecule has 0 atom stereocenters. The first-order valence-corrected chi connectivity index (χ1v) is 5.14. The topological polar surface area (TPSA) is 69.4 Å². The molecule has 0 fully saturated rings. The molecular formula is C10H10ClNO4. The number of ether oxygens (including phenoxy) is 1. The Bertz CT molecular complexity index is 419. The van der Waals surface area contributed by atoms with E-state index in [-0.39, 0.29) is 23.7 Å². The molecule has 0 aromatic heterocycles. The first-order valence-electron chi connectivity index (χ1n) is 4.60. The van der Waals surface area contributed by atoms with Gasteiger partial charge in [0.2, 0.25) is 0 Å². The number of nitrogens with zero attached hydrogens (tertiary/aromatic N) is 1. The van der Waals surface area contributed by atoms with Crippen LogP contribution in [0.3, 0.4) is 0 Å². The largest absolute Gasteiger partial charge is 0.462 e. The number of hydrogen-bond acceptors (Lipinski definition) is 4. The summed E-state index contributed by atoms with van der Waals surface area (Å²) in [5.74, 6) is -0.492. The van der Waals surface area contributed by atoms with Gasteiger partial charge in [-0.25, -0.2) is 4.79 Å². The van der Waals surface area contributed by atoms with Gasteiger partial charge < -0.3 is 4.74 Å². The first-order chi connectivity index (χ1) is 7.60. The minimum absolute atomic E-state index is 0.103. The quantitative estimate of drug-likeness (QED) is 0.353. The van der Waals surface area contributed by atoms with Gasteiger partial charge >= 0.3 is 5.97 Å². The highest BCUT2D eigenvalue weighted by atomic mass is 35.5. The van der Waals surface area contributed by atoms with E-state index < -0.39 is 10.9 Å². The van der Waals surface area contributed by atoms with E-state index in [0.717, 1.165) is 0 Å². The maximum atomic E-state index is 11.5. The Morgan fingerprint density at radius 1 is 1.56 bits per heavy atom. The molecule has 0 heterocycles. The van der Waals surface area contributed by atoms with E-state index in [1.807, 2.05) is 0 Å². The van der Waals surface area contributed by atoms with Gasteiger partial charge in [-0.1, -0.05) is 6.07 Å². The maximum Gasteiger partial charge on any atom is 0.338 e. The van der Waals surface area contributed by atoms with E-state index in [1.54, 1.807) is 6.92 Å². The van der Waals surface area contributed by atoms with E-state index in [9.17, 15) is 14.9 Å². The average Bonchev–Trinajstić information content (AvgIpc) is 2.28. The molecule has 0 aliphatic carbocycles. The van der Waals surface area contributed by atoms with Gasteiger partial charge in [0.05, 0.1) is 17.1 Å². The van der Waals surface area contributed by atoms with Gasteiger partial charge in [-0.2, -0.15) is 0 Å². The van der Waals surface area contributed by atoms with Crippen LogP contribution in [0.5, 0.6) is 0 Å². The van der Waals surface area contributed by atoms with Crippen LogP contribution in [0.15, 0.2) is 18.2 Å². The SMILES string of the molecule is CCOC(=O)c1cc([N+](=O)[O-])ccc1CCl. The van der Waals surface area contributed by atoms with Gasteiger partial charge in [-0.3, -0.25) is 10.1 Å². The number of alkyl halides is 1. The number of nitro benzene ring substituents is 1. The van der Waals surface area contributed by atoms with Crippen LogP contribution in [0.2, 0.25) is 0 Å². The summed E-state index contributed by atoms with van der Waals surface area (Å²) >= 11 is 5.63.